The maximum Gasteiger partial charge on any atom is 0.200 e. The van der Waals surface area contributed by atoms with Crippen LogP contribution < -0.4 is 5.32 Å². The van der Waals surface area contributed by atoms with Crippen molar-refractivity contribution in [1.29, 1.82) is 0 Å². The molecule has 21 heteroatoms. The molecule has 4 rings (SSSR count). The van der Waals surface area contributed by atoms with E-state index in [-0.39, 0.29) is 19.9 Å². The lowest BCUT2D eigenvalue weighted by Gasteiger charge is -2.52. The molecule has 0 aliphatic heterocycles. The van der Waals surface area contributed by atoms with Crippen LogP contribution >= 0.6 is 0 Å². The second-order valence-electron chi connectivity index (χ2n) is 15.0. The molecule has 354 valence electrons. The van der Waals surface area contributed by atoms with Gasteiger partial charge in [0.1, 0.15) is 0 Å². The Morgan fingerprint density at radius 1 is 0.266 bits per heavy atom. The number of rotatable bonds is 21. The third-order valence-corrected chi connectivity index (χ3v) is 11.4. The molecule has 0 aliphatic rings. The monoisotopic (exact) mass is 947 g/mol. The number of likely N-dealkylation sites (N-methyl/N-ethyl adjacent to an activating group) is 1. The summed E-state index contributed by atoms with van der Waals surface area (Å²) in [5.41, 5.74) is -22.8. The van der Waals surface area contributed by atoms with Crippen molar-refractivity contribution in [3.63, 3.8) is 0 Å². The average molecular weight is 948 g/mol. The van der Waals surface area contributed by atoms with Crippen molar-refractivity contribution in [1.82, 2.24) is 5.32 Å². The zero-order chi connectivity index (χ0) is 48.2. The summed E-state index contributed by atoms with van der Waals surface area (Å²) >= 11 is 0. The number of hydrogen-bond donors (Lipinski definition) is 1. The second-order valence-corrected chi connectivity index (χ2v) is 15.0. The Hall–Kier alpha value is -4.56. The minimum atomic E-state index is -5.30. The third-order valence-electron chi connectivity index (χ3n) is 11.4. The van der Waals surface area contributed by atoms with E-state index in [1.54, 1.807) is 0 Å². The predicted octanol–water partition coefficient (Wildman–Crippen LogP) is 14.8. The van der Waals surface area contributed by atoms with Gasteiger partial charge >= 0.3 is 0 Å². The smallest absolute Gasteiger partial charge is 0.200 e. The van der Waals surface area contributed by atoms with Crippen molar-refractivity contribution < 1.29 is 87.8 Å². The molecular weight excluding hydrogens is 910 g/mol. The number of nitrogens with one attached hydrogen (secondary N) is 1. The maximum absolute atomic E-state index is 16.5. The average Bonchev–Trinajstić information content (AvgIpc) is 3.28. The molecular formula is C43H37F20N. The van der Waals surface area contributed by atoms with Gasteiger partial charge in [-0.2, -0.15) is 0 Å². The number of unbranched alkanes of at least 4 members (excludes halogenated alkanes) is 13. The van der Waals surface area contributed by atoms with Crippen LogP contribution in [0.4, 0.5) is 87.8 Å². The van der Waals surface area contributed by atoms with Gasteiger partial charge in [0.15, 0.2) is 93.1 Å². The lowest BCUT2D eigenvalue weighted by molar-refractivity contribution is 0.173. The molecule has 4 aromatic carbocycles. The van der Waals surface area contributed by atoms with Crippen LogP contribution in [0.5, 0.6) is 0 Å². The Balaban J connectivity index is 2.21. The summed E-state index contributed by atoms with van der Waals surface area (Å²) < 4.78 is 313. The molecule has 0 saturated carbocycles. The van der Waals surface area contributed by atoms with Gasteiger partial charge in [-0.15, -0.1) is 0 Å². The zero-order valence-electron chi connectivity index (χ0n) is 33.7. The van der Waals surface area contributed by atoms with Crippen molar-refractivity contribution in [2.75, 3.05) is 7.05 Å². The van der Waals surface area contributed by atoms with Crippen LogP contribution in [0.25, 0.3) is 0 Å². The molecule has 1 nitrogen and oxygen atoms in total. The van der Waals surface area contributed by atoms with E-state index in [1.165, 1.54) is 5.32 Å². The van der Waals surface area contributed by atoms with Crippen LogP contribution in [-0.4, -0.2) is 7.05 Å². The summed E-state index contributed by atoms with van der Waals surface area (Å²) in [7, 11) is -0.0197. The standard InChI is InChI=1S/C43H37F20N/c1-3-4-5-6-7-8-9-10-11-12-13-14-15-16-17-42(18-22(44)30(52)38(60)31(53)23(18)45,19-24(46)32(54)39(61)33(55)25(19)47)43(64-2,20-26(48)34(56)40(62)35(57)27(20)49)21-28(50)36(58)41(63)37(59)29(21)51/h64H,3-17H2,1-2H3. The van der Waals surface area contributed by atoms with E-state index in [1.807, 2.05) is 6.92 Å². The quantitative estimate of drug-likeness (QED) is 0.0380. The first-order valence-corrected chi connectivity index (χ1v) is 19.8. The molecule has 0 amide bonds. The summed E-state index contributed by atoms with van der Waals surface area (Å²) in [6.45, 7) is 2.05. The van der Waals surface area contributed by atoms with Crippen molar-refractivity contribution >= 4 is 0 Å². The summed E-state index contributed by atoms with van der Waals surface area (Å²) in [5, 5.41) is 1.30. The first-order chi connectivity index (χ1) is 30.1. The minimum absolute atomic E-state index is 0.0197. The van der Waals surface area contributed by atoms with Gasteiger partial charge in [0.05, 0.1) is 22.1 Å². The minimum Gasteiger partial charge on any atom is -0.305 e. The SMILES string of the molecule is CCCCCCCCCCCCCCCCC(c1c(F)c(F)c(F)c(F)c1F)(c1c(F)c(F)c(F)c(F)c1F)C(NC)(c1c(F)c(F)c(F)c(F)c1F)c1c(F)c(F)c(F)c(F)c1F. The van der Waals surface area contributed by atoms with Gasteiger partial charge in [-0.1, -0.05) is 96.8 Å². The van der Waals surface area contributed by atoms with Crippen LogP contribution in [0.1, 0.15) is 125 Å². The number of halogens is 20. The van der Waals surface area contributed by atoms with Crippen LogP contribution in [0, 0.1) is 116 Å². The van der Waals surface area contributed by atoms with Crippen LogP contribution in [0.3, 0.4) is 0 Å². The van der Waals surface area contributed by atoms with Crippen LogP contribution in [0.15, 0.2) is 0 Å². The summed E-state index contributed by atoms with van der Waals surface area (Å²) in [5.74, 6) is -66.4. The highest BCUT2D eigenvalue weighted by atomic mass is 19.2. The van der Waals surface area contributed by atoms with E-state index in [9.17, 15) is 17.6 Å². The molecule has 0 aliphatic carbocycles. The Bertz CT molecular complexity index is 2110. The fourth-order valence-electron chi connectivity index (χ4n) is 8.36. The van der Waals surface area contributed by atoms with Gasteiger partial charge in [0.25, 0.3) is 0 Å². The van der Waals surface area contributed by atoms with E-state index in [0.29, 0.717) is 19.3 Å². The molecule has 1 N–H and O–H groups in total. The van der Waals surface area contributed by atoms with Crippen LogP contribution in [0.2, 0.25) is 0 Å². The van der Waals surface area contributed by atoms with Gasteiger partial charge in [-0.25, -0.2) is 87.8 Å². The molecule has 0 unspecified atom stereocenters. The lowest BCUT2D eigenvalue weighted by atomic mass is 9.53. The van der Waals surface area contributed by atoms with E-state index in [2.05, 4.69) is 0 Å². The van der Waals surface area contributed by atoms with Gasteiger partial charge in [-0.05, 0) is 13.5 Å². The topological polar surface area (TPSA) is 12.0 Å². The van der Waals surface area contributed by atoms with Gasteiger partial charge in [0, 0.05) is 11.1 Å². The van der Waals surface area contributed by atoms with E-state index >= 15 is 70.2 Å². The maximum atomic E-state index is 16.5. The highest BCUT2D eigenvalue weighted by molar-refractivity contribution is 5.58. The molecule has 0 atom stereocenters. The molecule has 64 heavy (non-hydrogen) atoms. The van der Waals surface area contributed by atoms with Crippen molar-refractivity contribution in [3.8, 4) is 0 Å². The zero-order valence-corrected chi connectivity index (χ0v) is 33.7. The second kappa shape index (κ2) is 21.2. The van der Waals surface area contributed by atoms with E-state index in [0.717, 1.165) is 44.9 Å². The molecule has 0 saturated heterocycles. The Morgan fingerprint density at radius 3 is 0.672 bits per heavy atom. The molecule has 0 radical (unpaired) electrons. The van der Waals surface area contributed by atoms with E-state index < -0.39 is 169 Å². The Kier molecular flexibility index (Phi) is 17.2. The first-order valence-electron chi connectivity index (χ1n) is 19.8. The third kappa shape index (κ3) is 8.77. The molecule has 0 heterocycles. The van der Waals surface area contributed by atoms with E-state index in [4.69, 9.17) is 0 Å². The fourth-order valence-corrected chi connectivity index (χ4v) is 8.36. The molecule has 0 bridgehead atoms. The van der Waals surface area contributed by atoms with Gasteiger partial charge in [0.2, 0.25) is 23.3 Å². The summed E-state index contributed by atoms with van der Waals surface area (Å²) in [4.78, 5) is 0. The van der Waals surface area contributed by atoms with Gasteiger partial charge in [-0.3, -0.25) is 0 Å². The number of benzene rings is 4. The first kappa shape index (κ1) is 52.1. The Labute approximate surface area is 352 Å². The highest BCUT2D eigenvalue weighted by Gasteiger charge is 2.65. The number of hydrogen-bond acceptors (Lipinski definition) is 1. The van der Waals surface area contributed by atoms with Crippen molar-refractivity contribution in [3.05, 3.63) is 139 Å². The molecule has 4 aromatic rings. The molecule has 0 fully saturated rings. The van der Waals surface area contributed by atoms with Crippen molar-refractivity contribution in [2.45, 2.75) is 114 Å². The largest absolute Gasteiger partial charge is 0.305 e. The molecule has 0 spiro atoms. The Morgan fingerprint density at radius 2 is 0.453 bits per heavy atom. The summed E-state index contributed by atoms with van der Waals surface area (Å²) in [6.07, 6.45) is 4.74. The predicted molar refractivity (Wildman–Crippen MR) is 190 cm³/mol. The highest BCUT2D eigenvalue weighted by Crippen LogP contribution is 2.60. The lowest BCUT2D eigenvalue weighted by Crippen LogP contribution is -2.62. The fraction of sp³-hybridized carbons (Fsp3) is 0.442. The normalized spacial score (nSPS) is 12.3. The van der Waals surface area contributed by atoms with Crippen LogP contribution in [-0.2, 0) is 11.0 Å². The summed E-state index contributed by atoms with van der Waals surface area (Å²) in [6, 6.07) is 0. The molecule has 0 aromatic heterocycles. The van der Waals surface area contributed by atoms with Gasteiger partial charge < -0.3 is 5.32 Å². The van der Waals surface area contributed by atoms with Crippen molar-refractivity contribution in [2.24, 2.45) is 0 Å².